The first-order valence-corrected chi connectivity index (χ1v) is 8.55. The molecule has 0 heterocycles. The Morgan fingerprint density at radius 2 is 1.76 bits per heavy atom. The summed E-state index contributed by atoms with van der Waals surface area (Å²) in [5, 5.41) is 0. The third-order valence-electron chi connectivity index (χ3n) is 3.23. The molecule has 0 spiro atoms. The lowest BCUT2D eigenvalue weighted by Gasteiger charge is -2.19. The van der Waals surface area contributed by atoms with Gasteiger partial charge < -0.3 is 4.74 Å². The summed E-state index contributed by atoms with van der Waals surface area (Å²) in [6.07, 6.45) is 0. The van der Waals surface area contributed by atoms with E-state index >= 15 is 0 Å². The van der Waals surface area contributed by atoms with Crippen molar-refractivity contribution in [2.45, 2.75) is 33.1 Å². The quantitative estimate of drug-likeness (QED) is 0.785. The first-order valence-electron chi connectivity index (χ1n) is 7.11. The smallest absolute Gasteiger partial charge is 0.279 e. The highest BCUT2D eigenvalue weighted by atomic mass is 32.2. The molecule has 120 valence electrons. The van der Waals surface area contributed by atoms with E-state index in [0.717, 1.165) is 5.75 Å². The van der Waals surface area contributed by atoms with Crippen LogP contribution in [0.4, 0.5) is 0 Å². The Hall–Kier alpha value is -1.11. The van der Waals surface area contributed by atoms with Gasteiger partial charge in [0.1, 0.15) is 12.4 Å². The van der Waals surface area contributed by atoms with E-state index in [-0.39, 0.29) is 12.0 Å². The number of hydrogen-bond acceptors (Lipinski definition) is 3. The van der Waals surface area contributed by atoms with Crippen molar-refractivity contribution in [2.24, 2.45) is 0 Å². The second-order valence-electron chi connectivity index (χ2n) is 5.94. The Bertz CT molecular complexity index is 533. The van der Waals surface area contributed by atoms with Crippen molar-refractivity contribution < 1.29 is 13.2 Å². The van der Waals surface area contributed by atoms with Crippen LogP contribution < -0.4 is 9.46 Å². The fourth-order valence-corrected chi connectivity index (χ4v) is 2.57. The number of rotatable bonds is 7. The van der Waals surface area contributed by atoms with Crippen LogP contribution in [0.3, 0.4) is 0 Å². The molecule has 0 radical (unpaired) electrons. The van der Waals surface area contributed by atoms with E-state index in [1.54, 1.807) is 6.92 Å². The van der Waals surface area contributed by atoms with Gasteiger partial charge in [-0.1, -0.05) is 39.8 Å². The lowest BCUT2D eigenvalue weighted by Crippen LogP contribution is -2.39. The van der Waals surface area contributed by atoms with E-state index in [1.165, 1.54) is 16.9 Å². The summed E-state index contributed by atoms with van der Waals surface area (Å²) in [6, 6.07) is 7.88. The molecular formula is C15H26N2O3S. The maximum atomic E-state index is 11.7. The molecule has 21 heavy (non-hydrogen) atoms. The molecule has 0 unspecified atom stereocenters. The first-order chi connectivity index (χ1) is 9.66. The van der Waals surface area contributed by atoms with Crippen molar-refractivity contribution in [3.8, 4) is 5.75 Å². The maximum Gasteiger partial charge on any atom is 0.279 e. The molecule has 0 fully saturated rings. The Kier molecular flexibility index (Phi) is 6.19. The van der Waals surface area contributed by atoms with Crippen LogP contribution in [0.25, 0.3) is 0 Å². The molecule has 6 heteroatoms. The van der Waals surface area contributed by atoms with E-state index in [4.69, 9.17) is 4.74 Å². The Morgan fingerprint density at radius 3 is 2.24 bits per heavy atom. The van der Waals surface area contributed by atoms with Crippen LogP contribution in [-0.4, -0.2) is 39.5 Å². The molecule has 1 aromatic carbocycles. The lowest BCUT2D eigenvalue weighted by molar-refractivity contribution is 0.320. The van der Waals surface area contributed by atoms with Gasteiger partial charge in [-0.2, -0.15) is 17.4 Å². The first kappa shape index (κ1) is 17.9. The molecule has 0 bridgehead atoms. The summed E-state index contributed by atoms with van der Waals surface area (Å²) in [5.74, 6) is 0.742. The van der Waals surface area contributed by atoms with Gasteiger partial charge in [0.15, 0.2) is 0 Å². The highest BCUT2D eigenvalue weighted by Gasteiger charge is 2.15. The molecule has 1 rings (SSSR count). The fraction of sp³-hybridized carbons (Fsp3) is 0.600. The maximum absolute atomic E-state index is 11.7. The molecule has 0 atom stereocenters. The van der Waals surface area contributed by atoms with Crippen molar-refractivity contribution >= 4 is 10.2 Å². The fourth-order valence-electron chi connectivity index (χ4n) is 1.67. The summed E-state index contributed by atoms with van der Waals surface area (Å²) in [4.78, 5) is 0. The largest absolute Gasteiger partial charge is 0.492 e. The molecule has 0 aliphatic carbocycles. The minimum Gasteiger partial charge on any atom is -0.492 e. The third kappa shape index (κ3) is 5.65. The van der Waals surface area contributed by atoms with Crippen LogP contribution in [0.2, 0.25) is 0 Å². The Morgan fingerprint density at radius 1 is 1.19 bits per heavy atom. The van der Waals surface area contributed by atoms with Crippen molar-refractivity contribution in [1.29, 1.82) is 0 Å². The van der Waals surface area contributed by atoms with Crippen molar-refractivity contribution in [2.75, 3.05) is 26.7 Å². The highest BCUT2D eigenvalue weighted by Crippen LogP contribution is 2.24. The Labute approximate surface area is 128 Å². The topological polar surface area (TPSA) is 58.6 Å². The summed E-state index contributed by atoms with van der Waals surface area (Å²) >= 11 is 0. The normalized spacial score (nSPS) is 12.7. The van der Waals surface area contributed by atoms with Gasteiger partial charge in [-0.3, -0.25) is 0 Å². The number of nitrogens with one attached hydrogen (secondary N) is 1. The molecule has 0 aliphatic rings. The molecule has 5 nitrogen and oxygen atoms in total. The van der Waals surface area contributed by atoms with E-state index in [9.17, 15) is 8.42 Å². The van der Waals surface area contributed by atoms with Gasteiger partial charge in [-0.25, -0.2) is 0 Å². The van der Waals surface area contributed by atoms with E-state index in [2.05, 4.69) is 25.5 Å². The second-order valence-corrected chi connectivity index (χ2v) is 7.80. The van der Waals surface area contributed by atoms with Crippen molar-refractivity contribution in [3.63, 3.8) is 0 Å². The molecule has 1 aromatic rings. The average molecular weight is 314 g/mol. The van der Waals surface area contributed by atoms with E-state index in [0.29, 0.717) is 13.2 Å². The molecule has 0 saturated carbocycles. The molecule has 0 amide bonds. The highest BCUT2D eigenvalue weighted by molar-refractivity contribution is 7.87. The summed E-state index contributed by atoms with van der Waals surface area (Å²) in [6.45, 7) is 9.22. The molecule has 0 aromatic heterocycles. The van der Waals surface area contributed by atoms with E-state index in [1.807, 2.05) is 24.3 Å². The summed E-state index contributed by atoms with van der Waals surface area (Å²) < 4.78 is 32.7. The van der Waals surface area contributed by atoms with Gasteiger partial charge in [-0.15, -0.1) is 0 Å². The predicted octanol–water partition coefficient (Wildman–Crippen LogP) is 2.15. The Balaban J connectivity index is 2.44. The third-order valence-corrected chi connectivity index (χ3v) is 4.88. The number of nitrogens with zero attached hydrogens (tertiary/aromatic N) is 1. The standard InChI is InChI=1S/C15H26N2O3S/c1-6-17(5)21(18,19)16-11-12-20-14-9-7-13(8-10-14)15(2,3)4/h7-10,16H,6,11-12H2,1-5H3. The zero-order valence-corrected chi connectivity index (χ0v) is 14.3. The van der Waals surface area contributed by atoms with Crippen molar-refractivity contribution in [3.05, 3.63) is 29.8 Å². The monoisotopic (exact) mass is 314 g/mol. The number of benzene rings is 1. The molecular weight excluding hydrogens is 288 g/mol. The SMILES string of the molecule is CCN(C)S(=O)(=O)NCCOc1ccc(C(C)(C)C)cc1. The number of hydrogen-bond donors (Lipinski definition) is 1. The molecule has 0 saturated heterocycles. The number of ether oxygens (including phenoxy) is 1. The minimum absolute atomic E-state index is 0.110. The van der Waals surface area contributed by atoms with Crippen LogP contribution in [0, 0.1) is 0 Å². The predicted molar refractivity (Wildman–Crippen MR) is 85.9 cm³/mol. The van der Waals surface area contributed by atoms with Crippen molar-refractivity contribution in [1.82, 2.24) is 9.03 Å². The zero-order valence-electron chi connectivity index (χ0n) is 13.5. The zero-order chi connectivity index (χ0) is 16.1. The van der Waals surface area contributed by atoms with Crippen LogP contribution in [0.1, 0.15) is 33.3 Å². The molecule has 1 N–H and O–H groups in total. The van der Waals surface area contributed by atoms with Crippen LogP contribution in [-0.2, 0) is 15.6 Å². The van der Waals surface area contributed by atoms with Gasteiger partial charge in [0, 0.05) is 20.1 Å². The van der Waals surface area contributed by atoms with E-state index < -0.39 is 10.2 Å². The van der Waals surface area contributed by atoms with Crippen LogP contribution >= 0.6 is 0 Å². The lowest BCUT2D eigenvalue weighted by atomic mass is 9.87. The second kappa shape index (κ2) is 7.24. The summed E-state index contributed by atoms with van der Waals surface area (Å²) in [5.41, 5.74) is 1.35. The van der Waals surface area contributed by atoms with Crippen LogP contribution in [0.15, 0.2) is 24.3 Å². The average Bonchev–Trinajstić information content (AvgIpc) is 2.42. The van der Waals surface area contributed by atoms with Gasteiger partial charge >= 0.3 is 0 Å². The van der Waals surface area contributed by atoms with Gasteiger partial charge in [-0.05, 0) is 23.1 Å². The van der Waals surface area contributed by atoms with Gasteiger partial charge in [0.05, 0.1) is 0 Å². The van der Waals surface area contributed by atoms with Gasteiger partial charge in [0.25, 0.3) is 10.2 Å². The molecule has 0 aliphatic heterocycles. The van der Waals surface area contributed by atoms with Gasteiger partial charge in [0.2, 0.25) is 0 Å². The summed E-state index contributed by atoms with van der Waals surface area (Å²) in [7, 11) is -1.85. The van der Waals surface area contributed by atoms with Crippen LogP contribution in [0.5, 0.6) is 5.75 Å². The minimum atomic E-state index is -3.39.